The number of benzene rings is 1. The first-order valence-electron chi connectivity index (χ1n) is 8.17. The van der Waals surface area contributed by atoms with Crippen LogP contribution in [0.3, 0.4) is 0 Å². The van der Waals surface area contributed by atoms with Gasteiger partial charge in [-0.15, -0.1) is 0 Å². The number of likely N-dealkylation sites (N-methyl/N-ethyl adjacent to an activating group) is 1. The minimum absolute atomic E-state index is 0.0302. The standard InChI is InChI=1S/C18H24N2O4/c1-13-3-5-14(6-4-13)11-16(21)19(2)12-17(22)20-9-7-15(8-10-20)18(23)24/h3-6,15H,7-12H2,1-2H3,(H,23,24). The molecule has 1 heterocycles. The van der Waals surface area contributed by atoms with E-state index in [0.29, 0.717) is 25.9 Å². The summed E-state index contributed by atoms with van der Waals surface area (Å²) >= 11 is 0. The Kier molecular flexibility index (Phi) is 5.95. The summed E-state index contributed by atoms with van der Waals surface area (Å²) in [4.78, 5) is 38.5. The molecule has 1 N–H and O–H groups in total. The highest BCUT2D eigenvalue weighted by Crippen LogP contribution is 2.17. The highest BCUT2D eigenvalue weighted by Gasteiger charge is 2.27. The molecule has 0 spiro atoms. The van der Waals surface area contributed by atoms with Crippen molar-refractivity contribution >= 4 is 17.8 Å². The molecule has 0 aromatic heterocycles. The van der Waals surface area contributed by atoms with E-state index in [1.807, 2.05) is 31.2 Å². The number of hydrogen-bond donors (Lipinski definition) is 1. The van der Waals surface area contributed by atoms with Crippen molar-refractivity contribution in [3.63, 3.8) is 0 Å². The van der Waals surface area contributed by atoms with Gasteiger partial charge in [0.05, 0.1) is 18.9 Å². The topological polar surface area (TPSA) is 77.9 Å². The molecule has 1 aromatic rings. The van der Waals surface area contributed by atoms with Crippen molar-refractivity contribution in [1.29, 1.82) is 0 Å². The summed E-state index contributed by atoms with van der Waals surface area (Å²) in [7, 11) is 1.62. The number of piperidine rings is 1. The Hall–Kier alpha value is -2.37. The Bertz CT molecular complexity index is 604. The number of amides is 2. The summed E-state index contributed by atoms with van der Waals surface area (Å²) in [5, 5.41) is 8.98. The molecule has 130 valence electrons. The van der Waals surface area contributed by atoms with E-state index in [0.717, 1.165) is 11.1 Å². The monoisotopic (exact) mass is 332 g/mol. The van der Waals surface area contributed by atoms with Crippen molar-refractivity contribution in [2.45, 2.75) is 26.2 Å². The number of aliphatic carboxylic acids is 1. The number of carboxylic acids is 1. The van der Waals surface area contributed by atoms with Gasteiger partial charge in [-0.3, -0.25) is 14.4 Å². The zero-order valence-corrected chi connectivity index (χ0v) is 14.2. The van der Waals surface area contributed by atoms with Crippen molar-refractivity contribution in [3.05, 3.63) is 35.4 Å². The van der Waals surface area contributed by atoms with E-state index in [2.05, 4.69) is 0 Å². The van der Waals surface area contributed by atoms with Gasteiger partial charge in [-0.05, 0) is 25.3 Å². The summed E-state index contributed by atoms with van der Waals surface area (Å²) in [6.07, 6.45) is 1.22. The van der Waals surface area contributed by atoms with Gasteiger partial charge in [0.25, 0.3) is 0 Å². The molecule has 2 rings (SSSR count). The van der Waals surface area contributed by atoms with E-state index in [9.17, 15) is 14.4 Å². The number of nitrogens with zero attached hydrogens (tertiary/aromatic N) is 2. The third-order valence-corrected chi connectivity index (χ3v) is 4.47. The second kappa shape index (κ2) is 7.95. The van der Waals surface area contributed by atoms with Crippen LogP contribution in [0.2, 0.25) is 0 Å². The normalized spacial score (nSPS) is 15.2. The first kappa shape index (κ1) is 18.0. The molecule has 1 aromatic carbocycles. The summed E-state index contributed by atoms with van der Waals surface area (Å²) in [6.45, 7) is 2.90. The van der Waals surface area contributed by atoms with E-state index < -0.39 is 5.97 Å². The summed E-state index contributed by atoms with van der Waals surface area (Å²) in [5.74, 6) is -1.39. The molecule has 0 aliphatic carbocycles. The van der Waals surface area contributed by atoms with Gasteiger partial charge >= 0.3 is 5.97 Å². The van der Waals surface area contributed by atoms with E-state index in [1.165, 1.54) is 4.90 Å². The third kappa shape index (κ3) is 4.81. The minimum atomic E-state index is -0.799. The molecule has 1 saturated heterocycles. The lowest BCUT2D eigenvalue weighted by molar-refractivity contribution is -0.146. The number of carboxylic acid groups (broad SMARTS) is 1. The average Bonchev–Trinajstić information content (AvgIpc) is 2.56. The summed E-state index contributed by atoms with van der Waals surface area (Å²) in [6, 6.07) is 7.75. The average molecular weight is 332 g/mol. The van der Waals surface area contributed by atoms with Crippen molar-refractivity contribution in [2.24, 2.45) is 5.92 Å². The Morgan fingerprint density at radius 3 is 2.29 bits per heavy atom. The van der Waals surface area contributed by atoms with Crippen LogP contribution in [-0.2, 0) is 20.8 Å². The van der Waals surface area contributed by atoms with Gasteiger partial charge in [0, 0.05) is 20.1 Å². The fraction of sp³-hybridized carbons (Fsp3) is 0.500. The van der Waals surface area contributed by atoms with Crippen LogP contribution in [0.15, 0.2) is 24.3 Å². The smallest absolute Gasteiger partial charge is 0.306 e. The number of likely N-dealkylation sites (tertiary alicyclic amines) is 1. The number of carbonyl (C=O) groups excluding carboxylic acids is 2. The number of hydrogen-bond acceptors (Lipinski definition) is 3. The first-order valence-corrected chi connectivity index (χ1v) is 8.17. The molecule has 6 nitrogen and oxygen atoms in total. The Labute approximate surface area is 142 Å². The van der Waals surface area contributed by atoms with Crippen LogP contribution in [0.5, 0.6) is 0 Å². The molecule has 0 radical (unpaired) electrons. The Morgan fingerprint density at radius 2 is 1.75 bits per heavy atom. The molecule has 6 heteroatoms. The number of carbonyl (C=O) groups is 3. The number of aryl methyl sites for hydroxylation is 1. The Balaban J connectivity index is 1.81. The van der Waals surface area contributed by atoms with E-state index in [4.69, 9.17) is 5.11 Å². The molecule has 0 saturated carbocycles. The molecule has 1 aliphatic heterocycles. The zero-order chi connectivity index (χ0) is 17.7. The maximum absolute atomic E-state index is 12.3. The van der Waals surface area contributed by atoms with Gasteiger partial charge in [0.2, 0.25) is 11.8 Å². The van der Waals surface area contributed by atoms with E-state index >= 15 is 0 Å². The van der Waals surface area contributed by atoms with Crippen molar-refractivity contribution < 1.29 is 19.5 Å². The van der Waals surface area contributed by atoms with Gasteiger partial charge in [-0.25, -0.2) is 0 Å². The van der Waals surface area contributed by atoms with Gasteiger partial charge in [-0.2, -0.15) is 0 Å². The number of rotatable bonds is 5. The summed E-state index contributed by atoms with van der Waals surface area (Å²) in [5.41, 5.74) is 2.06. The van der Waals surface area contributed by atoms with Crippen LogP contribution >= 0.6 is 0 Å². The lowest BCUT2D eigenvalue weighted by Gasteiger charge is -2.31. The lowest BCUT2D eigenvalue weighted by Crippen LogP contribution is -2.45. The molecule has 0 atom stereocenters. The van der Waals surface area contributed by atoms with Crippen molar-refractivity contribution in [1.82, 2.24) is 9.80 Å². The molecule has 0 unspecified atom stereocenters. The van der Waals surface area contributed by atoms with Crippen LogP contribution in [0, 0.1) is 12.8 Å². The zero-order valence-electron chi connectivity index (χ0n) is 14.2. The van der Waals surface area contributed by atoms with Gasteiger partial charge in [0.15, 0.2) is 0 Å². The van der Waals surface area contributed by atoms with Crippen LogP contribution in [0.1, 0.15) is 24.0 Å². The van der Waals surface area contributed by atoms with Crippen LogP contribution < -0.4 is 0 Å². The molecule has 2 amide bonds. The molecule has 0 bridgehead atoms. The van der Waals surface area contributed by atoms with E-state index in [1.54, 1.807) is 11.9 Å². The second-order valence-corrected chi connectivity index (χ2v) is 6.41. The fourth-order valence-electron chi connectivity index (χ4n) is 2.78. The van der Waals surface area contributed by atoms with E-state index in [-0.39, 0.29) is 30.7 Å². The molecule has 1 aliphatic rings. The van der Waals surface area contributed by atoms with Crippen molar-refractivity contribution in [3.8, 4) is 0 Å². The molecule has 1 fully saturated rings. The quantitative estimate of drug-likeness (QED) is 0.882. The van der Waals surface area contributed by atoms with Crippen molar-refractivity contribution in [2.75, 3.05) is 26.7 Å². The van der Waals surface area contributed by atoms with Crippen LogP contribution in [0.25, 0.3) is 0 Å². The minimum Gasteiger partial charge on any atom is -0.481 e. The lowest BCUT2D eigenvalue weighted by atomic mass is 9.97. The molecular formula is C18H24N2O4. The van der Waals surface area contributed by atoms with Crippen LogP contribution in [-0.4, -0.2) is 59.4 Å². The predicted octanol–water partition coefficient (Wildman–Crippen LogP) is 1.32. The highest BCUT2D eigenvalue weighted by molar-refractivity contribution is 5.85. The summed E-state index contributed by atoms with van der Waals surface area (Å²) < 4.78 is 0. The Morgan fingerprint density at radius 1 is 1.17 bits per heavy atom. The SMILES string of the molecule is Cc1ccc(CC(=O)N(C)CC(=O)N2CCC(C(=O)O)CC2)cc1. The highest BCUT2D eigenvalue weighted by atomic mass is 16.4. The molecule has 24 heavy (non-hydrogen) atoms. The maximum atomic E-state index is 12.3. The second-order valence-electron chi connectivity index (χ2n) is 6.41. The van der Waals surface area contributed by atoms with Gasteiger partial charge < -0.3 is 14.9 Å². The largest absolute Gasteiger partial charge is 0.481 e. The first-order chi connectivity index (χ1) is 11.4. The molecular weight excluding hydrogens is 308 g/mol. The maximum Gasteiger partial charge on any atom is 0.306 e. The van der Waals surface area contributed by atoms with Gasteiger partial charge in [-0.1, -0.05) is 29.8 Å². The fourth-order valence-corrected chi connectivity index (χ4v) is 2.78. The third-order valence-electron chi connectivity index (χ3n) is 4.47. The van der Waals surface area contributed by atoms with Gasteiger partial charge in [0.1, 0.15) is 0 Å². The predicted molar refractivity (Wildman–Crippen MR) is 89.5 cm³/mol. The van der Waals surface area contributed by atoms with Crippen LogP contribution in [0.4, 0.5) is 0 Å².